The predicted octanol–water partition coefficient (Wildman–Crippen LogP) is 4.52. The largest absolute Gasteiger partial charge is 0.461 e. The zero-order chi connectivity index (χ0) is 20.1. The molecule has 0 aliphatic carbocycles. The second-order valence-corrected chi connectivity index (χ2v) is 6.06. The number of non-ortho nitro benzene ring substituents is 1. The molecule has 142 valence electrons. The minimum atomic E-state index is -0.517. The monoisotopic (exact) mass is 377 g/mol. The van der Waals surface area contributed by atoms with Gasteiger partial charge in [-0.2, -0.15) is 5.10 Å². The Morgan fingerprint density at radius 2 is 1.86 bits per heavy atom. The zero-order valence-electron chi connectivity index (χ0n) is 15.5. The summed E-state index contributed by atoms with van der Waals surface area (Å²) < 4.78 is 6.65. The first kappa shape index (κ1) is 19.0. The maximum Gasteiger partial charge on any atom is 0.358 e. The van der Waals surface area contributed by atoms with E-state index in [-0.39, 0.29) is 18.0 Å². The van der Waals surface area contributed by atoms with Crippen LogP contribution in [-0.4, -0.2) is 27.3 Å². The molecule has 7 heteroatoms. The Morgan fingerprint density at radius 3 is 2.46 bits per heavy atom. The van der Waals surface area contributed by atoms with Crippen LogP contribution >= 0.6 is 0 Å². The number of rotatable bonds is 6. The fourth-order valence-corrected chi connectivity index (χ4v) is 2.75. The average Bonchev–Trinajstić information content (AvgIpc) is 3.15. The van der Waals surface area contributed by atoms with E-state index < -0.39 is 10.9 Å². The molecule has 0 radical (unpaired) electrons. The molecule has 0 fully saturated rings. The second-order valence-electron chi connectivity index (χ2n) is 6.06. The second kappa shape index (κ2) is 8.30. The third-order valence-corrected chi connectivity index (χ3v) is 4.09. The standard InChI is InChI=1S/C21H19N3O4/c1-3-28-21(25)19-14-20(15(2)13-16-7-5-4-6-8-16)23(22-19)17-9-11-18(12-10-17)24(26)27/h4-14H,3H2,1-2H3/b15-13+. The smallest absolute Gasteiger partial charge is 0.358 e. The molecule has 3 aromatic rings. The van der Waals surface area contributed by atoms with E-state index in [0.717, 1.165) is 11.1 Å². The normalized spacial score (nSPS) is 11.3. The van der Waals surface area contributed by atoms with Crippen LogP contribution in [0.1, 0.15) is 35.6 Å². The van der Waals surface area contributed by atoms with Crippen LogP contribution in [-0.2, 0) is 4.74 Å². The van der Waals surface area contributed by atoms with Gasteiger partial charge >= 0.3 is 5.97 Å². The third kappa shape index (κ3) is 4.15. The topological polar surface area (TPSA) is 87.3 Å². The summed E-state index contributed by atoms with van der Waals surface area (Å²) in [6, 6.07) is 17.4. The number of nitro benzene ring substituents is 1. The summed E-state index contributed by atoms with van der Waals surface area (Å²) in [6.07, 6.45) is 1.98. The highest BCUT2D eigenvalue weighted by Crippen LogP contribution is 2.24. The van der Waals surface area contributed by atoms with Gasteiger partial charge in [-0.3, -0.25) is 10.1 Å². The third-order valence-electron chi connectivity index (χ3n) is 4.09. The van der Waals surface area contributed by atoms with Crippen LogP contribution in [0.2, 0.25) is 0 Å². The molecule has 0 aliphatic heterocycles. The lowest BCUT2D eigenvalue weighted by atomic mass is 10.1. The van der Waals surface area contributed by atoms with Crippen molar-refractivity contribution >= 4 is 23.3 Å². The van der Waals surface area contributed by atoms with Crippen molar-refractivity contribution in [2.45, 2.75) is 13.8 Å². The minimum absolute atomic E-state index is 0.0142. The molecule has 0 spiro atoms. The molecule has 28 heavy (non-hydrogen) atoms. The van der Waals surface area contributed by atoms with E-state index in [4.69, 9.17) is 4.74 Å². The molecular weight excluding hydrogens is 358 g/mol. The number of carbonyl (C=O) groups excluding carboxylic acids is 1. The summed E-state index contributed by atoms with van der Waals surface area (Å²) in [7, 11) is 0. The number of ether oxygens (including phenoxy) is 1. The van der Waals surface area contributed by atoms with Crippen molar-refractivity contribution in [1.29, 1.82) is 0 Å². The molecular formula is C21H19N3O4. The number of allylic oxidation sites excluding steroid dienone is 1. The zero-order valence-corrected chi connectivity index (χ0v) is 15.5. The number of benzene rings is 2. The molecule has 3 rings (SSSR count). The van der Waals surface area contributed by atoms with Crippen molar-refractivity contribution in [2.75, 3.05) is 6.61 Å². The Morgan fingerprint density at radius 1 is 1.18 bits per heavy atom. The van der Waals surface area contributed by atoms with Gasteiger partial charge in [-0.1, -0.05) is 30.3 Å². The van der Waals surface area contributed by atoms with Crippen LogP contribution < -0.4 is 0 Å². The van der Waals surface area contributed by atoms with Crippen LogP contribution in [0.5, 0.6) is 0 Å². The number of aromatic nitrogens is 2. The van der Waals surface area contributed by atoms with Crippen LogP contribution in [0.25, 0.3) is 17.3 Å². The lowest BCUT2D eigenvalue weighted by molar-refractivity contribution is -0.384. The van der Waals surface area contributed by atoms with Crippen molar-refractivity contribution in [3.05, 3.63) is 87.7 Å². The van der Waals surface area contributed by atoms with Gasteiger partial charge in [0.25, 0.3) is 5.69 Å². The van der Waals surface area contributed by atoms with Gasteiger partial charge in [0.2, 0.25) is 0 Å². The Balaban J connectivity index is 2.08. The minimum Gasteiger partial charge on any atom is -0.461 e. The van der Waals surface area contributed by atoms with E-state index in [1.165, 1.54) is 12.1 Å². The van der Waals surface area contributed by atoms with Crippen molar-refractivity contribution < 1.29 is 14.5 Å². The van der Waals surface area contributed by atoms with Gasteiger partial charge < -0.3 is 4.74 Å². The fourth-order valence-electron chi connectivity index (χ4n) is 2.75. The summed E-state index contributed by atoms with van der Waals surface area (Å²) in [5.41, 5.74) is 3.36. The molecule has 0 saturated heterocycles. The quantitative estimate of drug-likeness (QED) is 0.358. The lowest BCUT2D eigenvalue weighted by Crippen LogP contribution is -2.07. The van der Waals surface area contributed by atoms with Gasteiger partial charge in [0.1, 0.15) is 0 Å². The fraction of sp³-hybridized carbons (Fsp3) is 0.143. The molecule has 0 N–H and O–H groups in total. The van der Waals surface area contributed by atoms with E-state index in [2.05, 4.69) is 5.10 Å². The van der Waals surface area contributed by atoms with Gasteiger partial charge in [-0.05, 0) is 49.3 Å². The van der Waals surface area contributed by atoms with Crippen molar-refractivity contribution in [3.8, 4) is 5.69 Å². The van der Waals surface area contributed by atoms with Crippen molar-refractivity contribution in [2.24, 2.45) is 0 Å². The Bertz CT molecular complexity index is 1020. The number of nitro groups is 1. The summed E-state index contributed by atoms with van der Waals surface area (Å²) in [6.45, 7) is 3.89. The Hall–Kier alpha value is -3.74. The molecule has 0 aliphatic rings. The summed E-state index contributed by atoms with van der Waals surface area (Å²) in [5.74, 6) is -0.517. The van der Waals surface area contributed by atoms with Gasteiger partial charge in [0.15, 0.2) is 5.69 Å². The summed E-state index contributed by atoms with van der Waals surface area (Å²) in [5, 5.41) is 15.3. The highest BCUT2D eigenvalue weighted by atomic mass is 16.6. The molecule has 1 aromatic heterocycles. The summed E-state index contributed by atoms with van der Waals surface area (Å²) >= 11 is 0. The predicted molar refractivity (Wildman–Crippen MR) is 106 cm³/mol. The van der Waals surface area contributed by atoms with E-state index in [1.54, 1.807) is 29.8 Å². The first-order valence-electron chi connectivity index (χ1n) is 8.75. The number of esters is 1. The van der Waals surface area contributed by atoms with Gasteiger partial charge in [0.05, 0.1) is 22.9 Å². The molecule has 0 amide bonds. The first-order valence-corrected chi connectivity index (χ1v) is 8.75. The number of carbonyl (C=O) groups is 1. The van der Waals surface area contributed by atoms with E-state index in [0.29, 0.717) is 11.4 Å². The van der Waals surface area contributed by atoms with E-state index in [9.17, 15) is 14.9 Å². The van der Waals surface area contributed by atoms with Crippen molar-refractivity contribution in [1.82, 2.24) is 9.78 Å². The average molecular weight is 377 g/mol. The van der Waals surface area contributed by atoms with Gasteiger partial charge in [-0.25, -0.2) is 9.48 Å². The Kier molecular flexibility index (Phi) is 5.64. The van der Waals surface area contributed by atoms with Crippen LogP contribution in [0.15, 0.2) is 60.7 Å². The maximum atomic E-state index is 12.2. The highest BCUT2D eigenvalue weighted by Gasteiger charge is 2.18. The molecule has 0 saturated carbocycles. The maximum absolute atomic E-state index is 12.2. The van der Waals surface area contributed by atoms with E-state index in [1.807, 2.05) is 43.3 Å². The van der Waals surface area contributed by atoms with Gasteiger partial charge in [-0.15, -0.1) is 0 Å². The van der Waals surface area contributed by atoms with Crippen LogP contribution in [0.3, 0.4) is 0 Å². The number of nitrogens with zero attached hydrogens (tertiary/aromatic N) is 3. The van der Waals surface area contributed by atoms with Crippen molar-refractivity contribution in [3.63, 3.8) is 0 Å². The number of hydrogen-bond donors (Lipinski definition) is 0. The molecule has 1 heterocycles. The van der Waals surface area contributed by atoms with E-state index >= 15 is 0 Å². The first-order chi connectivity index (χ1) is 13.5. The van der Waals surface area contributed by atoms with Gasteiger partial charge in [0, 0.05) is 12.1 Å². The SMILES string of the molecule is CCOC(=O)c1cc(/C(C)=C/c2ccccc2)n(-c2ccc([N+](=O)[O-])cc2)n1. The molecule has 2 aromatic carbocycles. The van der Waals surface area contributed by atoms with Crippen LogP contribution in [0.4, 0.5) is 5.69 Å². The molecule has 7 nitrogen and oxygen atoms in total. The highest BCUT2D eigenvalue weighted by molar-refractivity contribution is 5.89. The molecule has 0 atom stereocenters. The lowest BCUT2D eigenvalue weighted by Gasteiger charge is -2.08. The summed E-state index contributed by atoms with van der Waals surface area (Å²) in [4.78, 5) is 22.6. The Labute approximate surface area is 162 Å². The van der Waals surface area contributed by atoms with Crippen LogP contribution in [0, 0.1) is 10.1 Å². The molecule has 0 bridgehead atoms. The number of hydrogen-bond acceptors (Lipinski definition) is 5. The molecule has 0 unspecified atom stereocenters.